The average molecular weight is 846 g/mol. The molecule has 14 nitrogen and oxygen atoms in total. The molecule has 1 fully saturated rings. The number of nitrogens with two attached hydrogens (primary N) is 1. The van der Waals surface area contributed by atoms with Crippen LogP contribution in [0.4, 0.5) is 0 Å². The van der Waals surface area contributed by atoms with Gasteiger partial charge in [0.25, 0.3) is 0 Å². The van der Waals surface area contributed by atoms with Crippen LogP contribution in [0.2, 0.25) is 0 Å². The Labute approximate surface area is 353 Å². The molecule has 5 rings (SSSR count). The molecular formula is C44H64ClN3O11. The molecule has 1 heterocycles. The molecule has 1 aliphatic heterocycles. The number of carbonyl (C=O) groups is 3. The van der Waals surface area contributed by atoms with Crippen molar-refractivity contribution >= 4 is 35.6 Å². The summed E-state index contributed by atoms with van der Waals surface area (Å²) in [5, 5.41) is 60.9. The molecule has 3 aliphatic rings. The number of aliphatic hydroxyl groups is 3. The Morgan fingerprint density at radius 2 is 1.53 bits per heavy atom. The highest BCUT2D eigenvalue weighted by Gasteiger charge is 2.49. The number of rotatable bonds is 21. The second-order valence-corrected chi connectivity index (χ2v) is 16.2. The first-order chi connectivity index (χ1) is 27.9. The van der Waals surface area contributed by atoms with Crippen molar-refractivity contribution in [1.82, 2.24) is 5.43 Å². The zero-order valence-corrected chi connectivity index (χ0v) is 35.5. The lowest BCUT2D eigenvalue weighted by Gasteiger charge is -2.43. The standard InChI is InChI=1S/C44H63N3O11.ClH/c1-4-5-6-7-8-9-10-11-12-13-14-15-16-17-21-33(49)47-46-32(25-48)44(55)23-28-36(31(24-44)58-34-22-29(45)39(50)26(2)57-34)43(54)38-37(41(28)52)40(51)27-19-18-20-30(56-3)35(27)42(38)53;/h18-20,26,29,31,34,39,48,50,52,54-55H,4-17,21-25,45H2,1-3H3,(H,47,49);1H/b46-32+;/t26-,29-,31-,34-,39+,44-;/m0./s1. The molecule has 0 unspecified atom stereocenters. The minimum atomic E-state index is -2.09. The number of unbranched alkanes of at least 4 members (excludes halogenated alkanes) is 13. The Morgan fingerprint density at radius 3 is 2.10 bits per heavy atom. The summed E-state index contributed by atoms with van der Waals surface area (Å²) in [5.74, 6) is -3.10. The molecule has 1 amide bonds. The number of hydrogen-bond donors (Lipinski definition) is 7. The Balaban J connectivity index is 0.00000769. The Bertz CT molecular complexity index is 1790. The third-order valence-electron chi connectivity index (χ3n) is 11.9. The molecule has 2 aromatic rings. The zero-order chi connectivity index (χ0) is 42.0. The molecule has 0 bridgehead atoms. The summed E-state index contributed by atoms with van der Waals surface area (Å²) in [5.41, 5.74) is 5.06. The number of carbonyl (C=O) groups excluding carboxylic acids is 3. The number of aliphatic hydroxyl groups excluding tert-OH is 2. The number of methoxy groups -OCH3 is 1. The molecular weight excluding hydrogens is 782 g/mol. The zero-order valence-electron chi connectivity index (χ0n) is 34.7. The van der Waals surface area contributed by atoms with E-state index in [0.29, 0.717) is 6.42 Å². The van der Waals surface area contributed by atoms with Crippen LogP contribution in [0.15, 0.2) is 23.3 Å². The van der Waals surface area contributed by atoms with E-state index in [1.165, 1.54) is 89.5 Å². The fourth-order valence-electron chi connectivity index (χ4n) is 8.56. The van der Waals surface area contributed by atoms with E-state index in [2.05, 4.69) is 17.5 Å². The van der Waals surface area contributed by atoms with Gasteiger partial charge in [-0.3, -0.25) is 14.4 Å². The number of amides is 1. The molecule has 328 valence electrons. The molecule has 0 aromatic heterocycles. The van der Waals surface area contributed by atoms with Gasteiger partial charge in [0.05, 0.1) is 54.4 Å². The number of ether oxygens (including phenoxy) is 3. The van der Waals surface area contributed by atoms with Gasteiger partial charge in [-0.1, -0.05) is 103 Å². The summed E-state index contributed by atoms with van der Waals surface area (Å²) in [6.07, 6.45) is 11.8. The van der Waals surface area contributed by atoms with E-state index in [0.717, 1.165) is 19.3 Å². The van der Waals surface area contributed by atoms with Crippen molar-refractivity contribution in [1.29, 1.82) is 0 Å². The van der Waals surface area contributed by atoms with Crippen LogP contribution in [-0.2, 0) is 20.7 Å². The number of aromatic hydroxyl groups is 2. The molecule has 59 heavy (non-hydrogen) atoms. The van der Waals surface area contributed by atoms with Crippen molar-refractivity contribution in [3.8, 4) is 17.2 Å². The Kier molecular flexibility index (Phi) is 18.1. The number of halogens is 1. The summed E-state index contributed by atoms with van der Waals surface area (Å²) in [6.45, 7) is 3.05. The summed E-state index contributed by atoms with van der Waals surface area (Å²) in [7, 11) is 1.34. The summed E-state index contributed by atoms with van der Waals surface area (Å²) >= 11 is 0. The van der Waals surface area contributed by atoms with Crippen molar-refractivity contribution in [3.05, 3.63) is 51.6 Å². The van der Waals surface area contributed by atoms with Gasteiger partial charge in [0.2, 0.25) is 11.7 Å². The summed E-state index contributed by atoms with van der Waals surface area (Å²) in [6, 6.07) is 3.70. The van der Waals surface area contributed by atoms with E-state index >= 15 is 0 Å². The lowest BCUT2D eigenvalue weighted by molar-refractivity contribution is -0.245. The predicted molar refractivity (Wildman–Crippen MR) is 225 cm³/mol. The fraction of sp³-hybridized carbons (Fsp3) is 0.636. The summed E-state index contributed by atoms with van der Waals surface area (Å²) in [4.78, 5) is 40.8. The highest BCUT2D eigenvalue weighted by Crippen LogP contribution is 2.52. The van der Waals surface area contributed by atoms with Gasteiger partial charge in [0, 0.05) is 48.4 Å². The maximum Gasteiger partial charge on any atom is 0.240 e. The fourth-order valence-corrected chi connectivity index (χ4v) is 8.56. The number of hydrazone groups is 1. The van der Waals surface area contributed by atoms with Crippen LogP contribution in [0.1, 0.15) is 172 Å². The second-order valence-electron chi connectivity index (χ2n) is 16.2. The normalized spacial score (nSPS) is 23.8. The molecule has 1 saturated heterocycles. The first-order valence-corrected chi connectivity index (χ1v) is 21.2. The van der Waals surface area contributed by atoms with Crippen LogP contribution in [0.25, 0.3) is 0 Å². The second kappa shape index (κ2) is 22.3. The third-order valence-corrected chi connectivity index (χ3v) is 11.9. The summed E-state index contributed by atoms with van der Waals surface area (Å²) < 4.78 is 17.5. The van der Waals surface area contributed by atoms with E-state index in [1.807, 2.05) is 0 Å². The quantitative estimate of drug-likeness (QED) is 0.0275. The first-order valence-electron chi connectivity index (χ1n) is 21.2. The maximum atomic E-state index is 14.0. The Hall–Kier alpha value is -3.63. The molecule has 6 atom stereocenters. The van der Waals surface area contributed by atoms with Gasteiger partial charge in [-0.25, -0.2) is 5.43 Å². The first kappa shape index (κ1) is 48.0. The highest BCUT2D eigenvalue weighted by molar-refractivity contribution is 6.31. The monoisotopic (exact) mass is 845 g/mol. The van der Waals surface area contributed by atoms with Gasteiger partial charge in [0.1, 0.15) is 22.8 Å². The Morgan fingerprint density at radius 1 is 0.932 bits per heavy atom. The number of ketones is 2. The van der Waals surface area contributed by atoms with Crippen LogP contribution >= 0.6 is 12.4 Å². The van der Waals surface area contributed by atoms with Crippen LogP contribution in [0.5, 0.6) is 17.2 Å². The molecule has 2 aromatic carbocycles. The number of phenols is 2. The lowest BCUT2D eigenvalue weighted by Crippen LogP contribution is -2.53. The van der Waals surface area contributed by atoms with E-state index in [-0.39, 0.29) is 65.4 Å². The molecule has 8 N–H and O–H groups in total. The van der Waals surface area contributed by atoms with Crippen molar-refractivity contribution in [2.75, 3.05) is 13.7 Å². The van der Waals surface area contributed by atoms with Crippen molar-refractivity contribution < 1.29 is 54.1 Å². The van der Waals surface area contributed by atoms with Gasteiger partial charge in [-0.15, -0.1) is 12.4 Å². The van der Waals surface area contributed by atoms with Crippen molar-refractivity contribution in [3.63, 3.8) is 0 Å². The predicted octanol–water partition coefficient (Wildman–Crippen LogP) is 6.20. The number of nitrogens with one attached hydrogen (secondary N) is 1. The van der Waals surface area contributed by atoms with Crippen LogP contribution in [0.3, 0.4) is 0 Å². The van der Waals surface area contributed by atoms with Crippen molar-refractivity contribution in [2.24, 2.45) is 10.8 Å². The largest absolute Gasteiger partial charge is 0.507 e. The number of benzene rings is 2. The van der Waals surface area contributed by atoms with E-state index in [9.17, 15) is 39.9 Å². The molecule has 15 heteroatoms. The van der Waals surface area contributed by atoms with E-state index < -0.39 is 89.4 Å². The van der Waals surface area contributed by atoms with Gasteiger partial charge >= 0.3 is 0 Å². The van der Waals surface area contributed by atoms with E-state index in [1.54, 1.807) is 6.92 Å². The number of fused-ring (bicyclic) bond motifs is 3. The molecule has 0 radical (unpaired) electrons. The van der Waals surface area contributed by atoms with Gasteiger partial charge in [-0.05, 0) is 19.4 Å². The third kappa shape index (κ3) is 11.2. The van der Waals surface area contributed by atoms with Gasteiger partial charge < -0.3 is 45.5 Å². The van der Waals surface area contributed by atoms with Gasteiger partial charge in [-0.2, -0.15) is 5.10 Å². The smallest absolute Gasteiger partial charge is 0.240 e. The minimum Gasteiger partial charge on any atom is -0.507 e. The topological polar surface area (TPSA) is 230 Å². The van der Waals surface area contributed by atoms with Crippen LogP contribution < -0.4 is 15.9 Å². The SMILES string of the molecule is CCCCCCCCCCCCCCCCC(=O)N/N=C(\CO)[C@]1(O)Cc2c(O)c3c(c(O)c2[C@@H](O[C@H]2C[C@H](N)[C@H](O)[C@H](C)O2)C1)C(=O)c1c(OC)cccc1C3=O.Cl. The minimum absolute atomic E-state index is 0. The molecule has 0 saturated carbocycles. The van der Waals surface area contributed by atoms with Crippen LogP contribution in [-0.4, -0.2) is 92.6 Å². The number of nitrogens with zero attached hydrogens (tertiary/aromatic N) is 1. The maximum absolute atomic E-state index is 14.0. The number of hydrogen-bond acceptors (Lipinski definition) is 13. The lowest BCUT2D eigenvalue weighted by atomic mass is 9.71. The van der Waals surface area contributed by atoms with E-state index in [4.69, 9.17) is 19.9 Å². The molecule has 0 spiro atoms. The van der Waals surface area contributed by atoms with Gasteiger partial charge in [0.15, 0.2) is 12.1 Å². The van der Waals surface area contributed by atoms with Crippen molar-refractivity contribution in [2.45, 2.75) is 166 Å². The average Bonchev–Trinajstić information content (AvgIpc) is 3.20. The number of phenolic OH excluding ortho intramolecular Hbond substituents is 2. The molecule has 2 aliphatic carbocycles. The van der Waals surface area contributed by atoms with Crippen LogP contribution in [0, 0.1) is 0 Å². The highest BCUT2D eigenvalue weighted by atomic mass is 35.5.